The Balaban J connectivity index is 1.08. The number of ether oxygens (including phenoxy) is 7. The van der Waals surface area contributed by atoms with Crippen LogP contribution in [0, 0.1) is 45.3 Å². The van der Waals surface area contributed by atoms with E-state index >= 15 is 0 Å². The van der Waals surface area contributed by atoms with E-state index in [1.807, 2.05) is 19.9 Å². The maximum absolute atomic E-state index is 12.5. The Morgan fingerprint density at radius 1 is 0.627 bits per heavy atom. The Kier molecular flexibility index (Phi) is 14.2. The van der Waals surface area contributed by atoms with Gasteiger partial charge in [0.25, 0.3) is 0 Å². The van der Waals surface area contributed by atoms with Gasteiger partial charge in [0.05, 0.1) is 43.0 Å². The number of allylic oxidation sites excluding steroid dienone is 1. The number of rotatable bonds is 10. The standard InChI is InChI=1S/C48H80O19/c1-20(2)10-13-28-47(9,59)38-22-11-12-26-44(6)16-15-27(43(4,5)25(44)14-17-45(26,7)46(22,8)42(58)48(38,60)67-28)64-41-37(66-39-34(56)32(54)29(51)21(3)61-39)36(31(53)24(19-50)63-41)65-40-35(57)33(55)30(52)23(18-49)62-40/h10,21-42,49-60H,11-19H2,1-9H3/t21-,22+,23+,24+,25?,26?,27-,28+,29-,30+,31+,32+,33-,34+,35+,36-,37+,38?,39-,40-,41-,42+,44-,45+,46-,47-,48+/m0/s1. The minimum absolute atomic E-state index is 0.0373. The Bertz CT molecular complexity index is 1800. The number of aliphatic hydroxyl groups excluding tert-OH is 10. The van der Waals surface area contributed by atoms with Crippen LogP contribution in [0.1, 0.15) is 107 Å². The molecule has 0 radical (unpaired) electrons. The van der Waals surface area contributed by atoms with E-state index in [1.165, 1.54) is 6.92 Å². The van der Waals surface area contributed by atoms with Crippen molar-refractivity contribution in [3.05, 3.63) is 11.6 Å². The molecule has 3 unspecified atom stereocenters. The van der Waals surface area contributed by atoms with Gasteiger partial charge in [-0.3, -0.25) is 0 Å². The minimum Gasteiger partial charge on any atom is -0.394 e. The summed E-state index contributed by atoms with van der Waals surface area (Å²) in [6.07, 6.45) is -20.1. The first kappa shape index (κ1) is 52.3. The third kappa shape index (κ3) is 7.87. The van der Waals surface area contributed by atoms with Crippen molar-refractivity contribution in [1.82, 2.24) is 0 Å². The smallest absolute Gasteiger partial charge is 0.198 e. The first-order chi connectivity index (χ1) is 31.2. The second-order valence-electron chi connectivity index (χ2n) is 23.3. The Labute approximate surface area is 392 Å². The maximum Gasteiger partial charge on any atom is 0.198 e. The summed E-state index contributed by atoms with van der Waals surface area (Å²) < 4.78 is 43.6. The molecule has 27 atom stereocenters. The second-order valence-corrected chi connectivity index (χ2v) is 23.3. The van der Waals surface area contributed by atoms with Crippen LogP contribution in [0.25, 0.3) is 0 Å². The van der Waals surface area contributed by atoms with E-state index < -0.39 is 157 Å². The fourth-order valence-corrected chi connectivity index (χ4v) is 15.4. The highest BCUT2D eigenvalue weighted by molar-refractivity contribution is 5.27. The predicted molar refractivity (Wildman–Crippen MR) is 233 cm³/mol. The third-order valence-electron chi connectivity index (χ3n) is 19.3. The SMILES string of the molecule is CC(C)=CC[C@H]1O[C@]2(O)C([C@H]3CCC4[C@@]5(C)CC[C@H](O[C@@H]6O[C@H](CO)[C@@H](O)[C@H](O[C@@H]7O[C@H](CO)[C@@H](O)[C@H](O)[C@H]7O)[C@H]6O[C@@H]6O[C@@H](C)[C@H](O)[C@@H](O)[C@H]6O)C(C)(C)C5CC[C@@]4(C)[C@]3(C)[C@H]2O)[C@@]1(C)O. The molecule has 67 heavy (non-hydrogen) atoms. The highest BCUT2D eigenvalue weighted by Gasteiger charge is 2.81. The van der Waals surface area contributed by atoms with Gasteiger partial charge in [-0.25, -0.2) is 0 Å². The highest BCUT2D eigenvalue weighted by atomic mass is 16.8. The van der Waals surface area contributed by atoms with Gasteiger partial charge in [-0.05, 0) is 107 Å². The van der Waals surface area contributed by atoms with Crippen molar-refractivity contribution in [2.75, 3.05) is 13.2 Å². The molecule has 8 fully saturated rings. The lowest BCUT2D eigenvalue weighted by molar-refractivity contribution is -0.398. The fourth-order valence-electron chi connectivity index (χ4n) is 15.4. The van der Waals surface area contributed by atoms with E-state index in [2.05, 4.69) is 34.6 Å². The molecule has 386 valence electrons. The summed E-state index contributed by atoms with van der Waals surface area (Å²) in [5, 5.41) is 134. The molecule has 8 rings (SSSR count). The molecule has 0 aromatic heterocycles. The van der Waals surface area contributed by atoms with Crippen LogP contribution in [-0.2, 0) is 33.2 Å². The molecule has 4 saturated heterocycles. The van der Waals surface area contributed by atoms with Crippen molar-refractivity contribution < 1.29 is 94.4 Å². The zero-order valence-electron chi connectivity index (χ0n) is 40.4. The average molecular weight is 961 g/mol. The molecule has 4 saturated carbocycles. The zero-order valence-corrected chi connectivity index (χ0v) is 40.4. The summed E-state index contributed by atoms with van der Waals surface area (Å²) in [7, 11) is 0. The molecule has 4 aliphatic heterocycles. The van der Waals surface area contributed by atoms with Gasteiger partial charge in [0.15, 0.2) is 24.7 Å². The van der Waals surface area contributed by atoms with Crippen LogP contribution < -0.4 is 0 Å². The summed E-state index contributed by atoms with van der Waals surface area (Å²) in [5.74, 6) is -2.72. The lowest BCUT2D eigenvalue weighted by Gasteiger charge is -2.70. The van der Waals surface area contributed by atoms with Crippen LogP contribution in [-0.4, -0.2) is 196 Å². The van der Waals surface area contributed by atoms with E-state index in [0.29, 0.717) is 32.1 Å². The first-order valence-electron chi connectivity index (χ1n) is 24.5. The van der Waals surface area contributed by atoms with Gasteiger partial charge in [0.2, 0.25) is 0 Å². The van der Waals surface area contributed by atoms with Crippen LogP contribution in [0.2, 0.25) is 0 Å². The second kappa shape index (κ2) is 18.2. The summed E-state index contributed by atoms with van der Waals surface area (Å²) in [6, 6.07) is 0. The van der Waals surface area contributed by atoms with Gasteiger partial charge in [0.1, 0.15) is 73.2 Å². The van der Waals surface area contributed by atoms with Crippen LogP contribution in [0.5, 0.6) is 0 Å². The number of fused-ring (bicyclic) bond motifs is 7. The molecule has 0 spiro atoms. The van der Waals surface area contributed by atoms with E-state index in [1.54, 1.807) is 6.92 Å². The number of aliphatic hydroxyl groups is 12. The molecular weight excluding hydrogens is 881 g/mol. The van der Waals surface area contributed by atoms with Crippen molar-refractivity contribution in [2.45, 2.75) is 229 Å². The molecule has 0 amide bonds. The zero-order chi connectivity index (χ0) is 49.3. The monoisotopic (exact) mass is 961 g/mol. The molecule has 4 heterocycles. The van der Waals surface area contributed by atoms with Gasteiger partial charge in [-0.1, -0.05) is 46.3 Å². The van der Waals surface area contributed by atoms with Gasteiger partial charge in [0, 0.05) is 5.41 Å². The van der Waals surface area contributed by atoms with Gasteiger partial charge in [-0.15, -0.1) is 0 Å². The Morgan fingerprint density at radius 2 is 1.21 bits per heavy atom. The highest BCUT2D eigenvalue weighted by Crippen LogP contribution is 2.78. The Morgan fingerprint density at radius 3 is 1.84 bits per heavy atom. The predicted octanol–water partition coefficient (Wildman–Crippen LogP) is -0.692. The van der Waals surface area contributed by atoms with Gasteiger partial charge < -0.3 is 94.4 Å². The fraction of sp³-hybridized carbons (Fsp3) is 0.958. The molecule has 0 aromatic carbocycles. The molecule has 4 aliphatic carbocycles. The molecule has 19 heteroatoms. The maximum atomic E-state index is 12.5. The van der Waals surface area contributed by atoms with Crippen LogP contribution in [0.4, 0.5) is 0 Å². The van der Waals surface area contributed by atoms with Crippen molar-refractivity contribution in [2.24, 2.45) is 45.3 Å². The lowest BCUT2D eigenvalue weighted by atomic mass is 9.35. The molecule has 0 bridgehead atoms. The topological polar surface area (TPSA) is 307 Å². The third-order valence-corrected chi connectivity index (χ3v) is 19.3. The normalized spacial score (nSPS) is 57.2. The van der Waals surface area contributed by atoms with Crippen LogP contribution >= 0.6 is 0 Å². The van der Waals surface area contributed by atoms with Crippen molar-refractivity contribution in [3.63, 3.8) is 0 Å². The number of hydrogen-bond donors (Lipinski definition) is 12. The number of hydrogen-bond acceptors (Lipinski definition) is 19. The first-order valence-corrected chi connectivity index (χ1v) is 24.5. The lowest BCUT2D eigenvalue weighted by Crippen LogP contribution is -2.68. The summed E-state index contributed by atoms with van der Waals surface area (Å²) in [6.45, 7) is 16.5. The van der Waals surface area contributed by atoms with Crippen molar-refractivity contribution >= 4 is 0 Å². The largest absolute Gasteiger partial charge is 0.394 e. The summed E-state index contributed by atoms with van der Waals surface area (Å²) >= 11 is 0. The minimum atomic E-state index is -1.93. The molecule has 12 N–H and O–H groups in total. The molecule has 8 aliphatic rings. The molecule has 19 nitrogen and oxygen atoms in total. The van der Waals surface area contributed by atoms with Crippen LogP contribution in [0.3, 0.4) is 0 Å². The summed E-state index contributed by atoms with van der Waals surface area (Å²) in [5.41, 5.74) is -2.50. The van der Waals surface area contributed by atoms with Crippen molar-refractivity contribution in [3.8, 4) is 0 Å². The van der Waals surface area contributed by atoms with E-state index in [9.17, 15) is 61.3 Å². The van der Waals surface area contributed by atoms with E-state index in [-0.39, 0.29) is 23.2 Å². The van der Waals surface area contributed by atoms with E-state index in [0.717, 1.165) is 18.4 Å². The quantitative estimate of drug-likeness (QED) is 0.0953. The Hall–Kier alpha value is -1.02. The van der Waals surface area contributed by atoms with E-state index in [4.69, 9.17) is 33.2 Å². The van der Waals surface area contributed by atoms with Gasteiger partial charge in [-0.2, -0.15) is 0 Å². The molecule has 0 aromatic rings. The van der Waals surface area contributed by atoms with Crippen molar-refractivity contribution in [1.29, 1.82) is 0 Å². The van der Waals surface area contributed by atoms with Gasteiger partial charge >= 0.3 is 0 Å². The molecular formula is C48H80O19. The van der Waals surface area contributed by atoms with Crippen LogP contribution in [0.15, 0.2) is 11.6 Å². The average Bonchev–Trinajstić information content (AvgIpc) is 3.59. The summed E-state index contributed by atoms with van der Waals surface area (Å²) in [4.78, 5) is 0.